The van der Waals surface area contributed by atoms with Crippen molar-refractivity contribution in [1.29, 1.82) is 0 Å². The number of benzene rings is 1. The van der Waals surface area contributed by atoms with Crippen LogP contribution in [0, 0.1) is 6.92 Å². The van der Waals surface area contributed by atoms with E-state index < -0.39 is 15.6 Å². The van der Waals surface area contributed by atoms with Crippen LogP contribution in [0.1, 0.15) is 36.4 Å². The summed E-state index contributed by atoms with van der Waals surface area (Å²) in [5, 5.41) is 10.5. The highest BCUT2D eigenvalue weighted by atomic mass is 35.5. The number of halogens is 2. The first kappa shape index (κ1) is 26.3. The lowest BCUT2D eigenvalue weighted by Gasteiger charge is -2.16. The minimum absolute atomic E-state index is 0.0183. The molecule has 0 saturated heterocycles. The summed E-state index contributed by atoms with van der Waals surface area (Å²) in [5.41, 5.74) is 3.39. The third kappa shape index (κ3) is 5.50. The maximum absolute atomic E-state index is 14.5. The van der Waals surface area contributed by atoms with Gasteiger partial charge < -0.3 is 9.67 Å². The zero-order valence-electron chi connectivity index (χ0n) is 19.9. The van der Waals surface area contributed by atoms with Crippen molar-refractivity contribution in [3.05, 3.63) is 70.8 Å². The number of sulfonamides is 1. The molecule has 0 unspecified atom stereocenters. The lowest BCUT2D eigenvalue weighted by atomic mass is 10.0. The molecule has 0 aliphatic rings. The highest BCUT2D eigenvalue weighted by Gasteiger charge is 2.23. The van der Waals surface area contributed by atoms with Crippen LogP contribution in [0.15, 0.2) is 53.2 Å². The number of aromatic nitrogens is 2. The molecule has 0 atom stereocenters. The van der Waals surface area contributed by atoms with E-state index in [4.69, 9.17) is 16.8 Å². The first-order chi connectivity index (χ1) is 15.9. The third-order valence-corrected chi connectivity index (χ3v) is 7.70. The number of allylic oxidation sites excluding steroid dienone is 1. The van der Waals surface area contributed by atoms with Gasteiger partial charge in [0.1, 0.15) is 11.4 Å². The number of aliphatic hydroxyl groups is 1. The molecule has 3 aromatic rings. The first-order valence-electron chi connectivity index (χ1n) is 10.8. The highest BCUT2D eigenvalue weighted by molar-refractivity contribution is 7.89. The van der Waals surface area contributed by atoms with Gasteiger partial charge in [0, 0.05) is 38.3 Å². The van der Waals surface area contributed by atoms with Crippen LogP contribution >= 0.6 is 11.8 Å². The highest BCUT2D eigenvalue weighted by Crippen LogP contribution is 2.30. The molecule has 2 heterocycles. The number of nitrogens with one attached hydrogen (secondary N) is 1. The van der Waals surface area contributed by atoms with Crippen LogP contribution in [0.3, 0.4) is 0 Å². The monoisotopic (exact) mass is 508 g/mol. The Kier molecular flexibility index (Phi) is 7.84. The smallest absolute Gasteiger partial charge is 0.242 e. The average Bonchev–Trinajstić information content (AvgIpc) is 3.02. The van der Waals surface area contributed by atoms with Crippen LogP contribution in [-0.2, 0) is 28.6 Å². The van der Waals surface area contributed by atoms with Gasteiger partial charge in [0.25, 0.3) is 0 Å². The molecule has 0 amide bonds. The zero-order valence-corrected chi connectivity index (χ0v) is 21.5. The van der Waals surface area contributed by atoms with Gasteiger partial charge in [0.15, 0.2) is 0 Å². The van der Waals surface area contributed by atoms with Gasteiger partial charge in [-0.25, -0.2) is 26.9 Å². The normalized spacial score (nSPS) is 13.3. The maximum atomic E-state index is 14.5. The van der Waals surface area contributed by atoms with Gasteiger partial charge >= 0.3 is 0 Å². The fourth-order valence-electron chi connectivity index (χ4n) is 3.72. The minimum Gasteiger partial charge on any atom is -0.384 e. The quantitative estimate of drug-likeness (QED) is 0.426. The molecule has 7 nitrogen and oxygen atoms in total. The van der Waals surface area contributed by atoms with Crippen LogP contribution in [0.2, 0.25) is 0 Å². The molecule has 0 bridgehead atoms. The molecule has 0 spiro atoms. The maximum Gasteiger partial charge on any atom is 0.242 e. The second-order valence-electron chi connectivity index (χ2n) is 8.87. The number of hydrogen-bond acceptors (Lipinski definition) is 5. The van der Waals surface area contributed by atoms with Crippen LogP contribution in [0.5, 0.6) is 0 Å². The van der Waals surface area contributed by atoms with Crippen molar-refractivity contribution in [2.75, 3.05) is 20.6 Å². The average molecular weight is 509 g/mol. The van der Waals surface area contributed by atoms with E-state index in [1.807, 2.05) is 17.6 Å². The summed E-state index contributed by atoms with van der Waals surface area (Å²) in [5.74, 6) is -0.343. The summed E-state index contributed by atoms with van der Waals surface area (Å²) < 4.78 is 42.3. The molecule has 1 aromatic carbocycles. The number of hydrogen-bond donors (Lipinski definition) is 2. The van der Waals surface area contributed by atoms with Crippen molar-refractivity contribution in [1.82, 2.24) is 18.7 Å². The topological polar surface area (TPSA) is 87.5 Å². The lowest BCUT2D eigenvalue weighted by Crippen LogP contribution is -2.22. The van der Waals surface area contributed by atoms with Crippen LogP contribution in [0.25, 0.3) is 11.0 Å². The van der Waals surface area contributed by atoms with E-state index in [-0.39, 0.29) is 23.8 Å². The molecule has 34 heavy (non-hydrogen) atoms. The first-order valence-corrected chi connectivity index (χ1v) is 12.6. The molecule has 0 radical (unpaired) electrons. The number of rotatable bonds is 9. The van der Waals surface area contributed by atoms with E-state index in [1.54, 1.807) is 44.2 Å². The molecule has 0 saturated carbocycles. The Hall–Kier alpha value is -2.30. The molecular weight excluding hydrogens is 479 g/mol. The predicted molar refractivity (Wildman–Crippen MR) is 133 cm³/mol. The minimum atomic E-state index is -3.52. The Labute approximate surface area is 205 Å². The SMILES string of the molecule is Cc1c(Cc2ccc(S(=O)(=O)N(C)C)cc2)c2nc(C(C)(C)O)ccc2n1C/C(F)=C/CNCl. The van der Waals surface area contributed by atoms with E-state index in [1.165, 1.54) is 24.5 Å². The Morgan fingerprint density at radius 2 is 1.88 bits per heavy atom. The van der Waals surface area contributed by atoms with Crippen molar-refractivity contribution in [3.8, 4) is 0 Å². The summed E-state index contributed by atoms with van der Waals surface area (Å²) >= 11 is 5.44. The molecular formula is C24H30ClFN4O3S. The van der Waals surface area contributed by atoms with Crippen molar-refractivity contribution in [2.24, 2.45) is 0 Å². The van der Waals surface area contributed by atoms with Gasteiger partial charge in [-0.1, -0.05) is 12.1 Å². The fourth-order valence-corrected chi connectivity index (χ4v) is 4.70. The fraction of sp³-hybridized carbons (Fsp3) is 0.375. The van der Waals surface area contributed by atoms with E-state index >= 15 is 0 Å². The van der Waals surface area contributed by atoms with Crippen LogP contribution in [-0.4, -0.2) is 48.0 Å². The predicted octanol–water partition coefficient (Wildman–Crippen LogP) is 4.01. The van der Waals surface area contributed by atoms with E-state index in [0.717, 1.165) is 22.3 Å². The Balaban J connectivity index is 2.09. The van der Waals surface area contributed by atoms with Gasteiger partial charge in [-0.2, -0.15) is 0 Å². The van der Waals surface area contributed by atoms with Crippen molar-refractivity contribution in [3.63, 3.8) is 0 Å². The summed E-state index contributed by atoms with van der Waals surface area (Å²) in [6.45, 7) is 5.44. The second-order valence-corrected chi connectivity index (χ2v) is 11.3. The van der Waals surface area contributed by atoms with Crippen molar-refractivity contribution in [2.45, 2.75) is 44.2 Å². The van der Waals surface area contributed by atoms with E-state index in [9.17, 15) is 17.9 Å². The summed E-state index contributed by atoms with van der Waals surface area (Å²) in [4.78, 5) is 7.32. The lowest BCUT2D eigenvalue weighted by molar-refractivity contribution is 0.0742. The van der Waals surface area contributed by atoms with Crippen LogP contribution < -0.4 is 4.84 Å². The molecule has 0 fully saturated rings. The van der Waals surface area contributed by atoms with E-state index in [0.29, 0.717) is 17.6 Å². The molecule has 184 valence electrons. The van der Waals surface area contributed by atoms with Crippen LogP contribution in [0.4, 0.5) is 4.39 Å². The van der Waals surface area contributed by atoms with Gasteiger partial charge in [0.05, 0.1) is 28.2 Å². The number of fused-ring (bicyclic) bond motifs is 1. The summed E-state index contributed by atoms with van der Waals surface area (Å²) in [6.07, 6.45) is 1.84. The zero-order chi connectivity index (χ0) is 25.3. The Morgan fingerprint density at radius 1 is 1.24 bits per heavy atom. The molecule has 0 aliphatic heterocycles. The van der Waals surface area contributed by atoms with Gasteiger partial charge in [-0.05, 0) is 68.5 Å². The largest absolute Gasteiger partial charge is 0.384 e. The number of nitrogens with zero attached hydrogens (tertiary/aromatic N) is 3. The molecule has 2 N–H and O–H groups in total. The summed E-state index contributed by atoms with van der Waals surface area (Å²) in [7, 11) is -0.541. The number of pyridine rings is 1. The molecule has 3 rings (SSSR count). The molecule has 10 heteroatoms. The van der Waals surface area contributed by atoms with Crippen molar-refractivity contribution >= 4 is 32.8 Å². The van der Waals surface area contributed by atoms with Gasteiger partial charge in [-0.3, -0.25) is 0 Å². The van der Waals surface area contributed by atoms with Gasteiger partial charge in [0.2, 0.25) is 10.0 Å². The standard InChI is InChI=1S/C24H30ClFN4O3S/c1-16-20(14-17-6-8-19(9-7-17)34(32,33)29(4)5)23-21(10-11-22(28-23)24(2,3)31)30(16)15-18(26)12-13-27-25/h6-12,27,31H,13-15H2,1-5H3/b18-12-. The van der Waals surface area contributed by atoms with Gasteiger partial charge in [-0.15, -0.1) is 0 Å². The van der Waals surface area contributed by atoms with Crippen molar-refractivity contribution < 1.29 is 17.9 Å². The second kappa shape index (κ2) is 10.1. The Bertz CT molecular complexity index is 1310. The summed E-state index contributed by atoms with van der Waals surface area (Å²) in [6, 6.07) is 10.3. The molecule has 2 aromatic heterocycles. The Morgan fingerprint density at radius 3 is 2.44 bits per heavy atom. The van der Waals surface area contributed by atoms with E-state index in [2.05, 4.69) is 4.84 Å². The molecule has 0 aliphatic carbocycles. The third-order valence-electron chi connectivity index (χ3n) is 5.71.